The van der Waals surface area contributed by atoms with Gasteiger partial charge >= 0.3 is 12.1 Å². The molecule has 84 valence electrons. The van der Waals surface area contributed by atoms with Crippen LogP contribution in [0.5, 0.6) is 0 Å². The van der Waals surface area contributed by atoms with Crippen molar-refractivity contribution in [2.24, 2.45) is 11.3 Å². The molecule has 0 heterocycles. The van der Waals surface area contributed by atoms with Gasteiger partial charge in [-0.3, -0.25) is 4.79 Å². The number of rotatable bonds is 3. The summed E-state index contributed by atoms with van der Waals surface area (Å²) in [7, 11) is 0. The third kappa shape index (κ3) is 3.55. The van der Waals surface area contributed by atoms with Crippen molar-refractivity contribution in [1.29, 1.82) is 0 Å². The Morgan fingerprint density at radius 2 is 1.71 bits per heavy atom. The van der Waals surface area contributed by atoms with Gasteiger partial charge in [0, 0.05) is 0 Å². The zero-order valence-electron chi connectivity index (χ0n) is 8.73. The summed E-state index contributed by atoms with van der Waals surface area (Å²) in [6.45, 7) is 4.51. The number of ether oxygens (including phenoxy) is 1. The third-order valence-corrected chi connectivity index (χ3v) is 1.81. The fourth-order valence-electron chi connectivity index (χ4n) is 0.500. The van der Waals surface area contributed by atoms with Gasteiger partial charge in [0.1, 0.15) is 6.61 Å². The minimum absolute atomic E-state index is 0.404. The first-order valence-corrected chi connectivity index (χ1v) is 4.31. The number of esters is 1. The van der Waals surface area contributed by atoms with Crippen LogP contribution in [0.25, 0.3) is 0 Å². The molecule has 0 bridgehead atoms. The summed E-state index contributed by atoms with van der Waals surface area (Å²) in [5, 5.41) is 0. The lowest BCUT2D eigenvalue weighted by molar-refractivity contribution is -0.226. The monoisotopic (exact) mass is 212 g/mol. The maximum Gasteiger partial charge on any atom is 0.397 e. The molecule has 0 fully saturated rings. The highest BCUT2D eigenvalue weighted by Gasteiger charge is 2.48. The van der Waals surface area contributed by atoms with Crippen LogP contribution in [0.2, 0.25) is 0 Å². The first-order chi connectivity index (χ1) is 6.08. The molecule has 0 atom stereocenters. The van der Waals surface area contributed by atoms with Gasteiger partial charge in [0.2, 0.25) is 0 Å². The van der Waals surface area contributed by atoms with Crippen molar-refractivity contribution < 1.29 is 22.7 Å². The number of carbonyl (C=O) groups is 1. The van der Waals surface area contributed by atoms with Crippen LogP contribution in [0.4, 0.5) is 13.2 Å². The fraction of sp³-hybridized carbons (Fsp3) is 0.889. The van der Waals surface area contributed by atoms with E-state index in [1.807, 2.05) is 0 Å². The van der Waals surface area contributed by atoms with Crippen LogP contribution in [-0.4, -0.2) is 18.8 Å². The zero-order chi connectivity index (χ0) is 11.6. The lowest BCUT2D eigenvalue weighted by atomic mass is 9.94. The average molecular weight is 212 g/mol. The average Bonchev–Trinajstić information content (AvgIpc) is 1.97. The Hall–Kier alpha value is -0.740. The van der Waals surface area contributed by atoms with Gasteiger partial charge in [-0.05, 0) is 13.8 Å². The van der Waals surface area contributed by atoms with Crippen LogP contribution < -0.4 is 0 Å². The first-order valence-electron chi connectivity index (χ1n) is 4.31. The van der Waals surface area contributed by atoms with Crippen LogP contribution in [0.1, 0.15) is 27.7 Å². The molecule has 0 saturated carbocycles. The number of carbonyl (C=O) groups excluding carboxylic acids is 1. The summed E-state index contributed by atoms with van der Waals surface area (Å²) >= 11 is 0. The normalized spacial score (nSPS) is 13.1. The summed E-state index contributed by atoms with van der Waals surface area (Å²) in [6.07, 6.45) is -4.36. The Kier molecular flexibility index (Phi) is 3.97. The molecule has 0 aromatic rings. The summed E-state index contributed by atoms with van der Waals surface area (Å²) in [4.78, 5) is 10.9. The summed E-state index contributed by atoms with van der Waals surface area (Å²) in [5.41, 5.74) is -1.99. The Labute approximate surface area is 81.4 Å². The summed E-state index contributed by atoms with van der Waals surface area (Å²) < 4.78 is 41.4. The van der Waals surface area contributed by atoms with Crippen molar-refractivity contribution in [3.05, 3.63) is 0 Å². The van der Waals surface area contributed by atoms with Crippen molar-refractivity contribution in [2.45, 2.75) is 33.9 Å². The smallest absolute Gasteiger partial charge is 0.397 e. The van der Waals surface area contributed by atoms with E-state index < -0.39 is 30.1 Å². The molecule has 0 aliphatic carbocycles. The van der Waals surface area contributed by atoms with E-state index >= 15 is 0 Å². The molecule has 0 aromatic carbocycles. The van der Waals surface area contributed by atoms with E-state index in [1.165, 1.54) is 0 Å². The van der Waals surface area contributed by atoms with E-state index in [-0.39, 0.29) is 0 Å². The van der Waals surface area contributed by atoms with Crippen LogP contribution in [0, 0.1) is 11.3 Å². The van der Waals surface area contributed by atoms with Gasteiger partial charge in [-0.15, -0.1) is 0 Å². The van der Waals surface area contributed by atoms with Crippen LogP contribution in [-0.2, 0) is 9.53 Å². The molecule has 14 heavy (non-hydrogen) atoms. The van der Waals surface area contributed by atoms with Gasteiger partial charge in [0.15, 0.2) is 0 Å². The van der Waals surface area contributed by atoms with Crippen molar-refractivity contribution in [1.82, 2.24) is 0 Å². The molecule has 0 amide bonds. The second-order valence-electron chi connectivity index (χ2n) is 4.14. The summed E-state index contributed by atoms with van der Waals surface area (Å²) in [6, 6.07) is 0. The Balaban J connectivity index is 4.20. The molecule has 0 saturated heterocycles. The van der Waals surface area contributed by atoms with E-state index in [0.717, 1.165) is 13.8 Å². The van der Waals surface area contributed by atoms with Gasteiger partial charge in [0.25, 0.3) is 0 Å². The van der Waals surface area contributed by atoms with Gasteiger partial charge < -0.3 is 4.74 Å². The van der Waals surface area contributed by atoms with E-state index in [9.17, 15) is 18.0 Å². The molecular formula is C9H15F3O2. The lowest BCUT2D eigenvalue weighted by Crippen LogP contribution is -2.37. The minimum Gasteiger partial charge on any atom is -0.465 e. The van der Waals surface area contributed by atoms with Crippen molar-refractivity contribution in [3.63, 3.8) is 0 Å². The van der Waals surface area contributed by atoms with E-state index in [1.54, 1.807) is 13.8 Å². The van der Waals surface area contributed by atoms with E-state index in [4.69, 9.17) is 0 Å². The Morgan fingerprint density at radius 3 is 2.00 bits per heavy atom. The maximum atomic E-state index is 12.3. The lowest BCUT2D eigenvalue weighted by Gasteiger charge is -2.27. The van der Waals surface area contributed by atoms with Crippen molar-refractivity contribution >= 4 is 5.97 Å². The number of alkyl halides is 3. The Bertz CT molecular complexity index is 207. The molecule has 0 N–H and O–H groups in total. The van der Waals surface area contributed by atoms with Gasteiger partial charge in [-0.25, -0.2) is 0 Å². The first kappa shape index (κ1) is 13.3. The largest absolute Gasteiger partial charge is 0.465 e. The standard InChI is InChI=1S/C9H15F3O2/c1-6(2)7(13)14-5-8(3,4)9(10,11)12/h6H,5H2,1-4H3. The number of hydrogen-bond acceptors (Lipinski definition) is 2. The molecule has 0 aromatic heterocycles. The molecule has 0 aliphatic rings. The quantitative estimate of drug-likeness (QED) is 0.672. The highest BCUT2D eigenvalue weighted by atomic mass is 19.4. The van der Waals surface area contributed by atoms with Gasteiger partial charge in [0.05, 0.1) is 11.3 Å². The topological polar surface area (TPSA) is 26.3 Å². The highest BCUT2D eigenvalue weighted by Crippen LogP contribution is 2.37. The molecule has 0 spiro atoms. The predicted molar refractivity (Wildman–Crippen MR) is 45.6 cm³/mol. The molecule has 0 unspecified atom stereocenters. The zero-order valence-corrected chi connectivity index (χ0v) is 8.73. The number of hydrogen-bond donors (Lipinski definition) is 0. The highest BCUT2D eigenvalue weighted by molar-refractivity contribution is 5.71. The minimum atomic E-state index is -4.36. The Morgan fingerprint density at radius 1 is 1.29 bits per heavy atom. The SMILES string of the molecule is CC(C)C(=O)OCC(C)(C)C(F)(F)F. The van der Waals surface area contributed by atoms with Crippen LogP contribution >= 0.6 is 0 Å². The maximum absolute atomic E-state index is 12.3. The molecule has 0 rings (SSSR count). The second-order valence-corrected chi connectivity index (χ2v) is 4.14. The number of halogens is 3. The van der Waals surface area contributed by atoms with Crippen molar-refractivity contribution in [2.75, 3.05) is 6.61 Å². The molecule has 0 radical (unpaired) electrons. The van der Waals surface area contributed by atoms with Crippen LogP contribution in [0.3, 0.4) is 0 Å². The molecule has 0 aliphatic heterocycles. The second kappa shape index (κ2) is 4.19. The third-order valence-electron chi connectivity index (χ3n) is 1.81. The van der Waals surface area contributed by atoms with E-state index in [2.05, 4.69) is 4.74 Å². The van der Waals surface area contributed by atoms with E-state index in [0.29, 0.717) is 0 Å². The van der Waals surface area contributed by atoms with Crippen molar-refractivity contribution in [3.8, 4) is 0 Å². The fourth-order valence-corrected chi connectivity index (χ4v) is 0.500. The van der Waals surface area contributed by atoms with Gasteiger partial charge in [-0.2, -0.15) is 13.2 Å². The molecular weight excluding hydrogens is 197 g/mol. The van der Waals surface area contributed by atoms with Gasteiger partial charge in [-0.1, -0.05) is 13.8 Å². The molecule has 5 heteroatoms. The molecule has 2 nitrogen and oxygen atoms in total. The summed E-state index contributed by atoms with van der Waals surface area (Å²) in [5.74, 6) is -1.01. The predicted octanol–water partition coefficient (Wildman–Crippen LogP) is 2.77. The van der Waals surface area contributed by atoms with Crippen LogP contribution in [0.15, 0.2) is 0 Å².